The fourth-order valence-corrected chi connectivity index (χ4v) is 3.86. The Bertz CT molecular complexity index is 789. The van der Waals surface area contributed by atoms with Crippen LogP contribution in [0, 0.1) is 24.2 Å². The molecular formula is C20H23ClN2O2S. The van der Waals surface area contributed by atoms with Crippen LogP contribution in [-0.4, -0.2) is 5.91 Å². The van der Waals surface area contributed by atoms with Gasteiger partial charge in [-0.25, -0.2) is 0 Å². The van der Waals surface area contributed by atoms with Crippen molar-refractivity contribution in [2.75, 3.05) is 5.32 Å². The van der Waals surface area contributed by atoms with Crippen molar-refractivity contribution in [3.8, 4) is 6.07 Å². The van der Waals surface area contributed by atoms with Gasteiger partial charge in [0, 0.05) is 15.8 Å². The summed E-state index contributed by atoms with van der Waals surface area (Å²) in [7, 11) is 0. The van der Waals surface area contributed by atoms with E-state index in [4.69, 9.17) is 16.3 Å². The number of carbonyl (C=O) groups excluding carboxylic acids is 1. The summed E-state index contributed by atoms with van der Waals surface area (Å²) in [5.41, 5.74) is 2.43. The van der Waals surface area contributed by atoms with Gasteiger partial charge in [-0.1, -0.05) is 37.6 Å². The first kappa shape index (κ1) is 20.4. The van der Waals surface area contributed by atoms with Gasteiger partial charge in [0.25, 0.3) is 0 Å². The number of ether oxygens (including phenoxy) is 1. The van der Waals surface area contributed by atoms with Crippen LogP contribution < -0.4 is 5.32 Å². The molecule has 4 nitrogen and oxygen atoms in total. The van der Waals surface area contributed by atoms with Gasteiger partial charge >= 0.3 is 0 Å². The molecule has 0 aliphatic heterocycles. The SMILES string of the molecule is CCC(CC)C(=O)Nc1sc(COCc2ccc(Cl)cc2)c(C)c1C#N. The molecular weight excluding hydrogens is 368 g/mol. The summed E-state index contributed by atoms with van der Waals surface area (Å²) in [5, 5.41) is 13.7. The molecule has 1 N–H and O–H groups in total. The van der Waals surface area contributed by atoms with Gasteiger partial charge in [-0.2, -0.15) is 5.26 Å². The van der Waals surface area contributed by atoms with E-state index in [1.165, 1.54) is 11.3 Å². The van der Waals surface area contributed by atoms with Crippen molar-refractivity contribution >= 4 is 33.8 Å². The number of carbonyl (C=O) groups is 1. The molecule has 138 valence electrons. The first-order valence-corrected chi connectivity index (χ1v) is 9.84. The van der Waals surface area contributed by atoms with Crippen LogP contribution in [0.4, 0.5) is 5.00 Å². The highest BCUT2D eigenvalue weighted by molar-refractivity contribution is 7.16. The highest BCUT2D eigenvalue weighted by Gasteiger charge is 2.20. The number of anilines is 1. The van der Waals surface area contributed by atoms with Gasteiger partial charge in [-0.15, -0.1) is 11.3 Å². The maximum atomic E-state index is 12.3. The van der Waals surface area contributed by atoms with Gasteiger partial charge in [-0.05, 0) is 43.0 Å². The van der Waals surface area contributed by atoms with E-state index in [-0.39, 0.29) is 11.8 Å². The summed E-state index contributed by atoms with van der Waals surface area (Å²) in [6.45, 7) is 6.74. The Morgan fingerprint density at radius 1 is 1.27 bits per heavy atom. The van der Waals surface area contributed by atoms with Crippen LogP contribution in [0.1, 0.15) is 48.3 Å². The number of thiophene rings is 1. The van der Waals surface area contributed by atoms with Gasteiger partial charge in [0.2, 0.25) is 5.91 Å². The Balaban J connectivity index is 2.05. The summed E-state index contributed by atoms with van der Waals surface area (Å²) in [4.78, 5) is 13.3. The maximum absolute atomic E-state index is 12.3. The molecule has 2 aromatic rings. The first-order chi connectivity index (χ1) is 12.5. The normalized spacial score (nSPS) is 10.8. The van der Waals surface area contributed by atoms with Gasteiger partial charge < -0.3 is 10.1 Å². The predicted molar refractivity (Wildman–Crippen MR) is 106 cm³/mol. The van der Waals surface area contributed by atoms with Crippen LogP contribution in [0.5, 0.6) is 0 Å². The lowest BCUT2D eigenvalue weighted by Gasteiger charge is -2.11. The van der Waals surface area contributed by atoms with Crippen LogP contribution in [0.25, 0.3) is 0 Å². The van der Waals surface area contributed by atoms with Gasteiger partial charge in [0.05, 0.1) is 18.8 Å². The van der Waals surface area contributed by atoms with Crippen molar-refractivity contribution in [2.45, 2.75) is 46.8 Å². The monoisotopic (exact) mass is 390 g/mol. The molecule has 6 heteroatoms. The summed E-state index contributed by atoms with van der Waals surface area (Å²) >= 11 is 7.29. The second-order valence-corrected chi connectivity index (χ2v) is 7.63. The molecule has 0 fully saturated rings. The molecule has 1 amide bonds. The number of nitriles is 1. The van der Waals surface area contributed by atoms with Crippen molar-refractivity contribution in [1.82, 2.24) is 0 Å². The maximum Gasteiger partial charge on any atom is 0.228 e. The molecule has 0 spiro atoms. The van der Waals surface area contributed by atoms with E-state index < -0.39 is 0 Å². The summed E-state index contributed by atoms with van der Waals surface area (Å²) in [5.74, 6) is -0.0602. The standard InChI is InChI=1S/C20H23ClN2O2S/c1-4-15(5-2)19(24)23-20-17(10-22)13(3)18(26-20)12-25-11-14-6-8-16(21)9-7-14/h6-9,15H,4-5,11-12H2,1-3H3,(H,23,24). The number of amides is 1. The Hall–Kier alpha value is -1.87. The van der Waals surface area contributed by atoms with E-state index >= 15 is 0 Å². The summed E-state index contributed by atoms with van der Waals surface area (Å²) in [6, 6.07) is 9.71. The summed E-state index contributed by atoms with van der Waals surface area (Å²) in [6.07, 6.45) is 1.57. The number of nitrogens with one attached hydrogen (secondary N) is 1. The molecule has 1 aromatic carbocycles. The average Bonchev–Trinajstić information content (AvgIpc) is 2.92. The number of hydrogen-bond donors (Lipinski definition) is 1. The third-order valence-electron chi connectivity index (χ3n) is 4.37. The molecule has 0 unspecified atom stereocenters. The molecule has 0 saturated carbocycles. The molecule has 1 aromatic heterocycles. The number of hydrogen-bond acceptors (Lipinski definition) is 4. The molecule has 1 heterocycles. The second kappa shape index (κ2) is 9.72. The van der Waals surface area contributed by atoms with E-state index in [1.807, 2.05) is 45.0 Å². The highest BCUT2D eigenvalue weighted by Crippen LogP contribution is 2.33. The number of nitrogens with zero attached hydrogens (tertiary/aromatic N) is 1. The van der Waals surface area contributed by atoms with Crippen molar-refractivity contribution in [2.24, 2.45) is 5.92 Å². The number of rotatable bonds is 8. The fourth-order valence-electron chi connectivity index (χ4n) is 2.64. The number of halogens is 1. The molecule has 0 aliphatic rings. The van der Waals surface area contributed by atoms with Crippen molar-refractivity contribution in [3.63, 3.8) is 0 Å². The minimum atomic E-state index is -0.0337. The largest absolute Gasteiger partial charge is 0.371 e. The fraction of sp³-hybridized carbons (Fsp3) is 0.400. The molecule has 0 saturated heterocycles. The molecule has 0 radical (unpaired) electrons. The smallest absolute Gasteiger partial charge is 0.228 e. The van der Waals surface area contributed by atoms with Gasteiger partial charge in [-0.3, -0.25) is 4.79 Å². The topological polar surface area (TPSA) is 62.1 Å². The van der Waals surface area contributed by atoms with Crippen molar-refractivity contribution in [3.05, 3.63) is 50.9 Å². The Labute approximate surface area is 163 Å². The molecule has 26 heavy (non-hydrogen) atoms. The number of benzene rings is 1. The zero-order valence-electron chi connectivity index (χ0n) is 15.3. The Morgan fingerprint density at radius 3 is 2.50 bits per heavy atom. The highest BCUT2D eigenvalue weighted by atomic mass is 35.5. The molecule has 0 atom stereocenters. The third-order valence-corrected chi connectivity index (χ3v) is 5.80. The third kappa shape index (κ3) is 5.07. The van der Waals surface area contributed by atoms with Gasteiger partial charge in [0.1, 0.15) is 11.1 Å². The molecule has 2 rings (SSSR count). The van der Waals surface area contributed by atoms with E-state index in [0.29, 0.717) is 28.8 Å². The van der Waals surface area contributed by atoms with Crippen molar-refractivity contribution < 1.29 is 9.53 Å². The van der Waals surface area contributed by atoms with Crippen LogP contribution in [0.3, 0.4) is 0 Å². The second-order valence-electron chi connectivity index (χ2n) is 6.09. The predicted octanol–water partition coefficient (Wildman–Crippen LogP) is 5.67. The molecule has 0 bridgehead atoms. The lowest BCUT2D eigenvalue weighted by atomic mass is 10.0. The summed E-state index contributed by atoms with van der Waals surface area (Å²) < 4.78 is 5.78. The van der Waals surface area contributed by atoms with E-state index in [2.05, 4.69) is 11.4 Å². The minimum absolute atomic E-state index is 0.0265. The van der Waals surface area contributed by atoms with E-state index in [0.717, 1.165) is 28.8 Å². The minimum Gasteiger partial charge on any atom is -0.371 e. The van der Waals surface area contributed by atoms with Gasteiger partial charge in [0.15, 0.2) is 0 Å². The van der Waals surface area contributed by atoms with Crippen LogP contribution in [-0.2, 0) is 22.7 Å². The first-order valence-electron chi connectivity index (χ1n) is 8.65. The van der Waals surface area contributed by atoms with Crippen molar-refractivity contribution in [1.29, 1.82) is 5.26 Å². The zero-order valence-corrected chi connectivity index (χ0v) is 16.8. The Kier molecular flexibility index (Phi) is 7.65. The lowest BCUT2D eigenvalue weighted by Crippen LogP contribution is -2.21. The van der Waals surface area contributed by atoms with Crippen LogP contribution >= 0.6 is 22.9 Å². The quantitative estimate of drug-likeness (QED) is 0.631. The van der Waals surface area contributed by atoms with E-state index in [9.17, 15) is 10.1 Å². The zero-order chi connectivity index (χ0) is 19.1. The Morgan fingerprint density at radius 2 is 1.92 bits per heavy atom. The van der Waals surface area contributed by atoms with Crippen LogP contribution in [0.2, 0.25) is 5.02 Å². The molecule has 0 aliphatic carbocycles. The van der Waals surface area contributed by atoms with E-state index in [1.54, 1.807) is 0 Å². The average molecular weight is 391 g/mol. The van der Waals surface area contributed by atoms with Crippen LogP contribution in [0.15, 0.2) is 24.3 Å². The lowest BCUT2D eigenvalue weighted by molar-refractivity contribution is -0.120.